The van der Waals surface area contributed by atoms with Crippen LogP contribution in [0.5, 0.6) is 0 Å². The molecule has 0 saturated heterocycles. The molecular formula is C12H13ClFN3. The summed E-state index contributed by atoms with van der Waals surface area (Å²) in [6, 6.07) is 4.91. The van der Waals surface area contributed by atoms with Crippen molar-refractivity contribution in [2.75, 3.05) is 11.9 Å². The van der Waals surface area contributed by atoms with E-state index >= 15 is 0 Å². The molecule has 0 amide bonds. The van der Waals surface area contributed by atoms with Crippen molar-refractivity contribution in [1.82, 2.24) is 9.55 Å². The zero-order chi connectivity index (χ0) is 12.4. The van der Waals surface area contributed by atoms with Gasteiger partial charge >= 0.3 is 0 Å². The highest BCUT2D eigenvalue weighted by Gasteiger charge is 2.12. The third kappa shape index (κ3) is 2.26. The summed E-state index contributed by atoms with van der Waals surface area (Å²) >= 11 is 5.77. The summed E-state index contributed by atoms with van der Waals surface area (Å²) in [6.45, 7) is 4.54. The number of imidazole rings is 1. The quantitative estimate of drug-likeness (QED) is 0.909. The molecule has 0 atom stereocenters. The third-order valence-electron chi connectivity index (χ3n) is 2.35. The predicted octanol–water partition coefficient (Wildman–Crippen LogP) is 3.41. The Morgan fingerprint density at radius 2 is 2.24 bits per heavy atom. The number of benzene rings is 1. The van der Waals surface area contributed by atoms with Crippen molar-refractivity contribution in [3.8, 4) is 5.69 Å². The normalized spacial score (nSPS) is 10.6. The van der Waals surface area contributed by atoms with Gasteiger partial charge in [-0.2, -0.15) is 0 Å². The van der Waals surface area contributed by atoms with Gasteiger partial charge < -0.3 is 5.32 Å². The van der Waals surface area contributed by atoms with Gasteiger partial charge in [-0.25, -0.2) is 9.37 Å². The van der Waals surface area contributed by atoms with Crippen LogP contribution in [0.4, 0.5) is 10.3 Å². The van der Waals surface area contributed by atoms with E-state index in [2.05, 4.69) is 10.3 Å². The molecule has 1 aromatic heterocycles. The van der Waals surface area contributed by atoms with Crippen LogP contribution >= 0.6 is 11.6 Å². The van der Waals surface area contributed by atoms with E-state index in [0.717, 1.165) is 12.2 Å². The van der Waals surface area contributed by atoms with Gasteiger partial charge in [0.25, 0.3) is 0 Å². The first kappa shape index (κ1) is 11.9. The number of nitrogens with zero attached hydrogens (tertiary/aromatic N) is 2. The maximum Gasteiger partial charge on any atom is 0.207 e. The molecular weight excluding hydrogens is 241 g/mol. The molecule has 0 bridgehead atoms. The number of halogens is 2. The van der Waals surface area contributed by atoms with Crippen LogP contribution in [-0.2, 0) is 0 Å². The fraction of sp³-hybridized carbons (Fsp3) is 0.250. The average Bonchev–Trinajstić information content (AvgIpc) is 2.64. The lowest BCUT2D eigenvalue weighted by Gasteiger charge is -2.09. The summed E-state index contributed by atoms with van der Waals surface area (Å²) in [5.74, 6) is 0.178. The zero-order valence-corrected chi connectivity index (χ0v) is 10.4. The van der Waals surface area contributed by atoms with Gasteiger partial charge in [0.15, 0.2) is 5.82 Å². The van der Waals surface area contributed by atoms with Crippen molar-refractivity contribution in [1.29, 1.82) is 0 Å². The van der Waals surface area contributed by atoms with Crippen molar-refractivity contribution in [2.24, 2.45) is 0 Å². The summed E-state index contributed by atoms with van der Waals surface area (Å²) in [5, 5.41) is 3.19. The van der Waals surface area contributed by atoms with Crippen LogP contribution in [0.2, 0.25) is 5.02 Å². The van der Waals surface area contributed by atoms with E-state index in [1.165, 1.54) is 6.07 Å². The van der Waals surface area contributed by atoms with Crippen LogP contribution < -0.4 is 5.32 Å². The van der Waals surface area contributed by atoms with E-state index in [0.29, 0.717) is 11.6 Å². The molecule has 1 heterocycles. The van der Waals surface area contributed by atoms with Gasteiger partial charge in [0.05, 0.1) is 16.4 Å². The largest absolute Gasteiger partial charge is 0.356 e. The van der Waals surface area contributed by atoms with E-state index in [4.69, 9.17) is 11.6 Å². The summed E-state index contributed by atoms with van der Waals surface area (Å²) in [4.78, 5) is 4.29. The first-order chi connectivity index (χ1) is 8.13. The van der Waals surface area contributed by atoms with Crippen molar-refractivity contribution < 1.29 is 4.39 Å². The third-order valence-corrected chi connectivity index (χ3v) is 2.64. The van der Waals surface area contributed by atoms with Gasteiger partial charge in [-0.1, -0.05) is 17.7 Å². The Labute approximate surface area is 104 Å². The van der Waals surface area contributed by atoms with Crippen LogP contribution in [0.25, 0.3) is 5.69 Å². The second-order valence-corrected chi connectivity index (χ2v) is 4.09. The Bertz CT molecular complexity index is 537. The highest BCUT2D eigenvalue weighted by Crippen LogP contribution is 2.24. The molecule has 1 N–H and O–H groups in total. The van der Waals surface area contributed by atoms with Crippen molar-refractivity contribution >= 4 is 17.5 Å². The molecule has 2 aromatic rings. The second-order valence-electron chi connectivity index (χ2n) is 3.68. The highest BCUT2D eigenvalue weighted by molar-refractivity contribution is 6.30. The SMILES string of the molecule is CCNc1nc(C)cn1-c1cccc(Cl)c1F. The Kier molecular flexibility index (Phi) is 3.33. The number of aryl methyl sites for hydroxylation is 1. The fourth-order valence-corrected chi connectivity index (χ4v) is 1.81. The van der Waals surface area contributed by atoms with Gasteiger partial charge in [0, 0.05) is 12.7 Å². The maximum absolute atomic E-state index is 13.9. The van der Waals surface area contributed by atoms with E-state index in [-0.39, 0.29) is 5.02 Å². The van der Waals surface area contributed by atoms with Crippen LogP contribution in [0.1, 0.15) is 12.6 Å². The molecule has 5 heteroatoms. The lowest BCUT2D eigenvalue weighted by Crippen LogP contribution is -2.06. The topological polar surface area (TPSA) is 29.9 Å². The summed E-state index contributed by atoms with van der Waals surface area (Å²) in [7, 11) is 0. The van der Waals surface area contributed by atoms with Crippen LogP contribution in [0.15, 0.2) is 24.4 Å². The number of hydrogen-bond acceptors (Lipinski definition) is 2. The highest BCUT2D eigenvalue weighted by atomic mass is 35.5. The molecule has 0 aliphatic heterocycles. The van der Waals surface area contributed by atoms with E-state index < -0.39 is 5.82 Å². The molecule has 0 aliphatic carbocycles. The predicted molar refractivity (Wildman–Crippen MR) is 67.4 cm³/mol. The molecule has 0 spiro atoms. The van der Waals surface area contributed by atoms with Crippen LogP contribution in [0, 0.1) is 12.7 Å². The Balaban J connectivity index is 2.55. The first-order valence-electron chi connectivity index (χ1n) is 5.37. The van der Waals surface area contributed by atoms with Gasteiger partial charge in [0.1, 0.15) is 0 Å². The average molecular weight is 254 g/mol. The number of nitrogens with one attached hydrogen (secondary N) is 1. The van der Waals surface area contributed by atoms with Crippen molar-refractivity contribution in [3.05, 3.63) is 40.9 Å². The maximum atomic E-state index is 13.9. The Morgan fingerprint density at radius 1 is 1.47 bits per heavy atom. The summed E-state index contributed by atoms with van der Waals surface area (Å²) < 4.78 is 15.6. The second kappa shape index (κ2) is 4.75. The van der Waals surface area contributed by atoms with Gasteiger partial charge in [-0.05, 0) is 26.0 Å². The molecule has 1 aromatic carbocycles. The van der Waals surface area contributed by atoms with Crippen molar-refractivity contribution in [2.45, 2.75) is 13.8 Å². The standard InChI is InChI=1S/C12H13ClFN3/c1-3-15-12-16-8(2)7-17(12)10-6-4-5-9(13)11(10)14/h4-7H,3H2,1-2H3,(H,15,16). The summed E-state index contributed by atoms with van der Waals surface area (Å²) in [6.07, 6.45) is 1.77. The zero-order valence-electron chi connectivity index (χ0n) is 9.67. The Morgan fingerprint density at radius 3 is 2.94 bits per heavy atom. The Hall–Kier alpha value is -1.55. The number of aromatic nitrogens is 2. The molecule has 0 unspecified atom stereocenters. The van der Waals surface area contributed by atoms with E-state index in [1.807, 2.05) is 13.8 Å². The minimum Gasteiger partial charge on any atom is -0.356 e. The minimum atomic E-state index is -0.439. The lowest BCUT2D eigenvalue weighted by atomic mass is 10.3. The molecule has 3 nitrogen and oxygen atoms in total. The monoisotopic (exact) mass is 253 g/mol. The lowest BCUT2D eigenvalue weighted by molar-refractivity contribution is 0.619. The fourth-order valence-electron chi connectivity index (χ4n) is 1.64. The number of anilines is 1. The summed E-state index contributed by atoms with van der Waals surface area (Å²) in [5.41, 5.74) is 1.22. The van der Waals surface area contributed by atoms with Gasteiger partial charge in [-0.15, -0.1) is 0 Å². The number of rotatable bonds is 3. The van der Waals surface area contributed by atoms with Gasteiger partial charge in [-0.3, -0.25) is 4.57 Å². The van der Waals surface area contributed by atoms with E-state index in [9.17, 15) is 4.39 Å². The molecule has 0 radical (unpaired) electrons. The van der Waals surface area contributed by atoms with Crippen LogP contribution in [0.3, 0.4) is 0 Å². The number of hydrogen-bond donors (Lipinski definition) is 1. The molecule has 90 valence electrons. The van der Waals surface area contributed by atoms with Gasteiger partial charge in [0.2, 0.25) is 5.95 Å². The van der Waals surface area contributed by atoms with Crippen molar-refractivity contribution in [3.63, 3.8) is 0 Å². The molecule has 2 rings (SSSR count). The molecule has 0 aliphatic rings. The molecule has 0 fully saturated rings. The van der Waals surface area contributed by atoms with Crippen LogP contribution in [-0.4, -0.2) is 16.1 Å². The minimum absolute atomic E-state index is 0.108. The van der Waals surface area contributed by atoms with E-state index in [1.54, 1.807) is 22.9 Å². The molecule has 17 heavy (non-hydrogen) atoms. The first-order valence-corrected chi connectivity index (χ1v) is 5.75. The molecule has 0 saturated carbocycles. The smallest absolute Gasteiger partial charge is 0.207 e.